The zero-order chi connectivity index (χ0) is 18.4. The molecule has 0 saturated heterocycles. The van der Waals surface area contributed by atoms with Gasteiger partial charge in [0, 0.05) is 17.3 Å². The number of thioether (sulfide) groups is 1. The molecule has 0 bridgehead atoms. The zero-order valence-electron chi connectivity index (χ0n) is 14.0. The Bertz CT molecular complexity index is 872. The van der Waals surface area contributed by atoms with Crippen LogP contribution in [0.25, 0.3) is 0 Å². The van der Waals surface area contributed by atoms with E-state index in [2.05, 4.69) is 20.8 Å². The van der Waals surface area contributed by atoms with Gasteiger partial charge < -0.3 is 10.6 Å². The van der Waals surface area contributed by atoms with Crippen molar-refractivity contribution < 1.29 is 4.79 Å². The van der Waals surface area contributed by atoms with Gasteiger partial charge in [-0.1, -0.05) is 71.1 Å². The van der Waals surface area contributed by atoms with Crippen LogP contribution in [0.4, 0.5) is 10.8 Å². The number of halogens is 1. The third-order valence-corrected chi connectivity index (χ3v) is 5.70. The Hall–Kier alpha value is -2.09. The molecule has 3 aromatic rings. The van der Waals surface area contributed by atoms with Crippen molar-refractivity contribution in [2.45, 2.75) is 23.1 Å². The first kappa shape index (κ1) is 18.7. The molecule has 0 aliphatic carbocycles. The van der Waals surface area contributed by atoms with Gasteiger partial charge in [-0.25, -0.2) is 0 Å². The van der Waals surface area contributed by atoms with E-state index >= 15 is 0 Å². The normalized spacial score (nSPS) is 11.8. The Morgan fingerprint density at radius 2 is 2.00 bits per heavy atom. The molecule has 0 fully saturated rings. The highest BCUT2D eigenvalue weighted by molar-refractivity contribution is 8.02. The van der Waals surface area contributed by atoms with Crippen molar-refractivity contribution in [2.24, 2.45) is 0 Å². The van der Waals surface area contributed by atoms with Gasteiger partial charge in [0.2, 0.25) is 11.0 Å². The van der Waals surface area contributed by atoms with Crippen LogP contribution in [0, 0.1) is 0 Å². The number of aromatic nitrogens is 2. The van der Waals surface area contributed by atoms with Crippen LogP contribution in [0.1, 0.15) is 12.5 Å². The SMILES string of the molecule is C[C@H](Sc1nnc(Nc2cccc(Cl)c2)s1)C(=O)NCc1ccccc1. The molecule has 1 atom stereocenters. The van der Waals surface area contributed by atoms with Crippen LogP contribution >= 0.6 is 34.7 Å². The number of nitrogens with one attached hydrogen (secondary N) is 2. The molecule has 3 rings (SSSR count). The minimum atomic E-state index is -0.259. The Labute approximate surface area is 165 Å². The van der Waals surface area contributed by atoms with Crippen molar-refractivity contribution in [2.75, 3.05) is 5.32 Å². The highest BCUT2D eigenvalue weighted by atomic mass is 35.5. The lowest BCUT2D eigenvalue weighted by Gasteiger charge is -2.10. The van der Waals surface area contributed by atoms with Gasteiger partial charge in [-0.2, -0.15) is 0 Å². The third kappa shape index (κ3) is 5.45. The lowest BCUT2D eigenvalue weighted by molar-refractivity contribution is -0.120. The van der Waals surface area contributed by atoms with Crippen LogP contribution in [-0.4, -0.2) is 21.4 Å². The average molecular weight is 405 g/mol. The summed E-state index contributed by atoms with van der Waals surface area (Å²) in [6, 6.07) is 17.2. The standard InChI is InChI=1S/C18H17ClN4OS2/c1-12(16(24)20-11-13-6-3-2-4-7-13)25-18-23-22-17(26-18)21-15-9-5-8-14(19)10-15/h2-10,12H,11H2,1H3,(H,20,24)(H,21,22)/t12-/m0/s1. The number of amides is 1. The largest absolute Gasteiger partial charge is 0.351 e. The van der Waals surface area contributed by atoms with Crippen LogP contribution in [0.5, 0.6) is 0 Å². The van der Waals surface area contributed by atoms with Crippen molar-refractivity contribution in [3.63, 3.8) is 0 Å². The average Bonchev–Trinajstić information content (AvgIpc) is 3.07. The predicted octanol–water partition coefficient (Wildman–Crippen LogP) is 4.73. The second kappa shape index (κ2) is 9.02. The Morgan fingerprint density at radius 1 is 1.19 bits per heavy atom. The van der Waals surface area contributed by atoms with Gasteiger partial charge in [0.1, 0.15) is 0 Å². The molecule has 0 aliphatic heterocycles. The Kier molecular flexibility index (Phi) is 6.49. The van der Waals surface area contributed by atoms with E-state index in [1.807, 2.05) is 61.5 Å². The summed E-state index contributed by atoms with van der Waals surface area (Å²) in [6.07, 6.45) is 0. The van der Waals surface area contributed by atoms with Crippen LogP contribution in [0.2, 0.25) is 5.02 Å². The smallest absolute Gasteiger partial charge is 0.233 e. The first-order valence-electron chi connectivity index (χ1n) is 7.94. The summed E-state index contributed by atoms with van der Waals surface area (Å²) >= 11 is 8.76. The van der Waals surface area contributed by atoms with Gasteiger partial charge in [-0.05, 0) is 30.7 Å². The minimum absolute atomic E-state index is 0.0293. The molecule has 0 radical (unpaired) electrons. The Morgan fingerprint density at radius 3 is 2.77 bits per heavy atom. The molecule has 0 unspecified atom stereocenters. The molecule has 26 heavy (non-hydrogen) atoms. The fraction of sp³-hybridized carbons (Fsp3) is 0.167. The lowest BCUT2D eigenvalue weighted by Crippen LogP contribution is -2.30. The van der Waals surface area contributed by atoms with Gasteiger partial charge in [0.15, 0.2) is 4.34 Å². The number of carbonyl (C=O) groups is 1. The van der Waals surface area contributed by atoms with E-state index in [0.29, 0.717) is 16.7 Å². The maximum Gasteiger partial charge on any atom is 0.233 e. The van der Waals surface area contributed by atoms with E-state index in [9.17, 15) is 4.79 Å². The molecular formula is C18H17ClN4OS2. The number of nitrogens with zero attached hydrogens (tertiary/aromatic N) is 2. The van der Waals surface area contributed by atoms with E-state index in [-0.39, 0.29) is 11.2 Å². The van der Waals surface area contributed by atoms with Crippen molar-refractivity contribution in [3.8, 4) is 0 Å². The maximum absolute atomic E-state index is 12.3. The van der Waals surface area contributed by atoms with E-state index in [0.717, 1.165) is 15.6 Å². The van der Waals surface area contributed by atoms with Crippen molar-refractivity contribution in [1.82, 2.24) is 15.5 Å². The van der Waals surface area contributed by atoms with Crippen LogP contribution < -0.4 is 10.6 Å². The maximum atomic E-state index is 12.3. The lowest BCUT2D eigenvalue weighted by atomic mass is 10.2. The molecule has 5 nitrogen and oxygen atoms in total. The summed E-state index contributed by atoms with van der Waals surface area (Å²) in [6.45, 7) is 2.37. The summed E-state index contributed by atoms with van der Waals surface area (Å²) in [5.74, 6) is -0.0293. The van der Waals surface area contributed by atoms with Crippen molar-refractivity contribution in [3.05, 3.63) is 65.2 Å². The highest BCUT2D eigenvalue weighted by Crippen LogP contribution is 2.30. The molecule has 1 heterocycles. The first-order valence-corrected chi connectivity index (χ1v) is 10.0. The van der Waals surface area contributed by atoms with E-state index in [1.54, 1.807) is 0 Å². The molecule has 134 valence electrons. The highest BCUT2D eigenvalue weighted by Gasteiger charge is 2.17. The summed E-state index contributed by atoms with van der Waals surface area (Å²) in [4.78, 5) is 12.3. The van der Waals surface area contributed by atoms with E-state index < -0.39 is 0 Å². The van der Waals surface area contributed by atoms with Crippen LogP contribution in [0.15, 0.2) is 58.9 Å². The molecule has 2 N–H and O–H groups in total. The molecule has 0 spiro atoms. The van der Waals surface area contributed by atoms with Gasteiger partial charge in [0.05, 0.1) is 5.25 Å². The van der Waals surface area contributed by atoms with Gasteiger partial charge in [0.25, 0.3) is 0 Å². The molecular weight excluding hydrogens is 388 g/mol. The van der Waals surface area contributed by atoms with E-state index in [4.69, 9.17) is 11.6 Å². The summed E-state index contributed by atoms with van der Waals surface area (Å²) in [5, 5.41) is 15.4. The zero-order valence-corrected chi connectivity index (χ0v) is 16.4. The minimum Gasteiger partial charge on any atom is -0.351 e. The molecule has 2 aromatic carbocycles. The molecule has 1 aromatic heterocycles. The van der Waals surface area contributed by atoms with Crippen LogP contribution in [-0.2, 0) is 11.3 Å². The first-order chi connectivity index (χ1) is 12.6. The molecule has 8 heteroatoms. The third-order valence-electron chi connectivity index (χ3n) is 3.44. The van der Waals surface area contributed by atoms with Gasteiger partial charge in [-0.3, -0.25) is 4.79 Å². The van der Waals surface area contributed by atoms with Gasteiger partial charge >= 0.3 is 0 Å². The molecule has 0 aliphatic rings. The molecule has 1 amide bonds. The molecule has 0 saturated carbocycles. The van der Waals surface area contributed by atoms with Crippen molar-refractivity contribution >= 4 is 51.4 Å². The second-order valence-electron chi connectivity index (χ2n) is 5.47. The monoisotopic (exact) mass is 404 g/mol. The fourth-order valence-electron chi connectivity index (χ4n) is 2.13. The second-order valence-corrected chi connectivity index (χ2v) is 8.47. The number of rotatable bonds is 7. The number of hydrogen-bond donors (Lipinski definition) is 2. The summed E-state index contributed by atoms with van der Waals surface area (Å²) in [5.41, 5.74) is 1.92. The Balaban J connectivity index is 1.52. The predicted molar refractivity (Wildman–Crippen MR) is 108 cm³/mol. The number of hydrogen-bond acceptors (Lipinski definition) is 6. The number of anilines is 2. The number of benzene rings is 2. The van der Waals surface area contributed by atoms with Crippen molar-refractivity contribution in [1.29, 1.82) is 0 Å². The van der Waals surface area contributed by atoms with Crippen LogP contribution in [0.3, 0.4) is 0 Å². The topological polar surface area (TPSA) is 66.9 Å². The quantitative estimate of drug-likeness (QED) is 0.557. The van der Waals surface area contributed by atoms with Gasteiger partial charge in [-0.15, -0.1) is 10.2 Å². The fourth-order valence-corrected chi connectivity index (χ4v) is 4.26. The summed E-state index contributed by atoms with van der Waals surface area (Å²) in [7, 11) is 0. The number of carbonyl (C=O) groups excluding carboxylic acids is 1. The van der Waals surface area contributed by atoms with E-state index in [1.165, 1.54) is 23.1 Å². The summed E-state index contributed by atoms with van der Waals surface area (Å²) < 4.78 is 0.733.